The molecule has 1 aromatic carbocycles. The van der Waals surface area contributed by atoms with Crippen molar-refractivity contribution >= 4 is 29.9 Å². The van der Waals surface area contributed by atoms with Crippen LogP contribution < -0.4 is 5.32 Å². The molecule has 1 saturated heterocycles. The highest BCUT2D eigenvalue weighted by atomic mass is 127. The van der Waals surface area contributed by atoms with Crippen LogP contribution >= 0.6 is 24.0 Å². The number of nitrogens with zero attached hydrogens (tertiary/aromatic N) is 2. The molecule has 0 atom stereocenters. The van der Waals surface area contributed by atoms with Crippen LogP contribution in [0.15, 0.2) is 29.3 Å². The third kappa shape index (κ3) is 7.69. The number of likely N-dealkylation sites (tertiary alicyclic amines) is 1. The molecule has 0 radical (unpaired) electrons. The SMILES string of the molecule is CN=C(NCc1ccc(COCC(F)(F)F)cc1)N1CCC(C)(C)C1.I. The molecule has 0 unspecified atom stereocenters. The van der Waals surface area contributed by atoms with Crippen molar-refractivity contribution in [1.29, 1.82) is 0 Å². The summed E-state index contributed by atoms with van der Waals surface area (Å²) < 4.78 is 40.8. The topological polar surface area (TPSA) is 36.9 Å². The zero-order valence-corrected chi connectivity index (χ0v) is 17.7. The van der Waals surface area contributed by atoms with Crippen LogP contribution in [-0.2, 0) is 17.9 Å². The Morgan fingerprint density at radius 3 is 2.35 bits per heavy atom. The summed E-state index contributed by atoms with van der Waals surface area (Å²) in [6, 6.07) is 7.35. The van der Waals surface area contributed by atoms with Crippen molar-refractivity contribution in [3.63, 3.8) is 0 Å². The van der Waals surface area contributed by atoms with Crippen molar-refractivity contribution in [2.45, 2.75) is 39.6 Å². The minimum Gasteiger partial charge on any atom is -0.367 e. The van der Waals surface area contributed by atoms with Crippen LogP contribution in [0.5, 0.6) is 0 Å². The van der Waals surface area contributed by atoms with Crippen molar-refractivity contribution in [2.24, 2.45) is 10.4 Å². The second kappa shape index (κ2) is 9.77. The first-order chi connectivity index (χ1) is 11.7. The molecule has 0 amide bonds. The molecule has 1 N–H and O–H groups in total. The lowest BCUT2D eigenvalue weighted by molar-refractivity contribution is -0.176. The van der Waals surface area contributed by atoms with Gasteiger partial charge in [0.1, 0.15) is 6.61 Å². The molecule has 1 aliphatic rings. The first-order valence-electron chi connectivity index (χ1n) is 8.36. The molecule has 1 aliphatic heterocycles. The van der Waals surface area contributed by atoms with Crippen LogP contribution in [-0.4, -0.2) is 43.8 Å². The summed E-state index contributed by atoms with van der Waals surface area (Å²) >= 11 is 0. The van der Waals surface area contributed by atoms with Gasteiger partial charge >= 0.3 is 6.18 Å². The van der Waals surface area contributed by atoms with Crippen LogP contribution in [0.25, 0.3) is 0 Å². The maximum Gasteiger partial charge on any atom is 0.411 e. The van der Waals surface area contributed by atoms with E-state index in [0.29, 0.717) is 12.0 Å². The number of hydrogen-bond acceptors (Lipinski definition) is 2. The predicted octanol–water partition coefficient (Wildman–Crippen LogP) is 4.19. The standard InChI is InChI=1S/C18H26F3N3O.HI/c1-17(2)8-9-24(12-17)16(22-3)23-10-14-4-6-15(7-5-14)11-25-13-18(19,20)21;/h4-7H,8-13H2,1-3H3,(H,22,23);1H. The molecule has 0 saturated carbocycles. The number of guanidine groups is 1. The van der Waals surface area contributed by atoms with Gasteiger partial charge in [-0.2, -0.15) is 13.2 Å². The van der Waals surface area contributed by atoms with Crippen molar-refractivity contribution in [1.82, 2.24) is 10.2 Å². The van der Waals surface area contributed by atoms with Crippen LogP contribution in [0.3, 0.4) is 0 Å². The minimum absolute atomic E-state index is 0. The summed E-state index contributed by atoms with van der Waals surface area (Å²) in [6.45, 7) is 5.81. The molecule has 4 nitrogen and oxygen atoms in total. The van der Waals surface area contributed by atoms with Gasteiger partial charge in [0, 0.05) is 26.7 Å². The van der Waals surface area contributed by atoms with E-state index >= 15 is 0 Å². The highest BCUT2D eigenvalue weighted by molar-refractivity contribution is 14.0. The third-order valence-corrected chi connectivity index (χ3v) is 4.20. The van der Waals surface area contributed by atoms with Crippen molar-refractivity contribution in [3.05, 3.63) is 35.4 Å². The fraction of sp³-hybridized carbons (Fsp3) is 0.611. The number of nitrogens with one attached hydrogen (secondary N) is 1. The highest BCUT2D eigenvalue weighted by Crippen LogP contribution is 2.28. The lowest BCUT2D eigenvalue weighted by Gasteiger charge is -2.23. The number of ether oxygens (including phenoxy) is 1. The Balaban J connectivity index is 0.00000338. The summed E-state index contributed by atoms with van der Waals surface area (Å²) in [7, 11) is 1.77. The van der Waals surface area contributed by atoms with E-state index in [2.05, 4.69) is 33.8 Å². The summed E-state index contributed by atoms with van der Waals surface area (Å²) in [5.41, 5.74) is 2.06. The molecule has 8 heteroatoms. The third-order valence-electron chi connectivity index (χ3n) is 4.20. The lowest BCUT2D eigenvalue weighted by atomic mass is 9.93. The van der Waals surface area contributed by atoms with E-state index in [4.69, 9.17) is 0 Å². The second-order valence-corrected chi connectivity index (χ2v) is 7.16. The maximum absolute atomic E-state index is 12.1. The zero-order valence-electron chi connectivity index (χ0n) is 15.4. The Kier molecular flexibility index (Phi) is 8.65. The van der Waals surface area contributed by atoms with Crippen LogP contribution in [0.2, 0.25) is 0 Å². The monoisotopic (exact) mass is 485 g/mol. The van der Waals surface area contributed by atoms with E-state index in [1.807, 2.05) is 12.1 Å². The number of hydrogen-bond donors (Lipinski definition) is 1. The quantitative estimate of drug-likeness (QED) is 0.386. The van der Waals surface area contributed by atoms with Gasteiger partial charge in [-0.15, -0.1) is 24.0 Å². The smallest absolute Gasteiger partial charge is 0.367 e. The average Bonchev–Trinajstić information content (AvgIpc) is 2.88. The average molecular weight is 485 g/mol. The molecule has 0 spiro atoms. The number of rotatable bonds is 5. The predicted molar refractivity (Wildman–Crippen MR) is 108 cm³/mol. The number of benzene rings is 1. The van der Waals surface area contributed by atoms with Crippen LogP contribution in [0, 0.1) is 5.41 Å². The first kappa shape index (κ1) is 23.0. The molecule has 1 heterocycles. The van der Waals surface area contributed by atoms with Gasteiger partial charge in [0.15, 0.2) is 5.96 Å². The van der Waals surface area contributed by atoms with Crippen molar-refractivity contribution < 1.29 is 17.9 Å². The molecule has 0 bridgehead atoms. The Morgan fingerprint density at radius 1 is 1.23 bits per heavy atom. The number of aliphatic imine (C=N–C) groups is 1. The summed E-state index contributed by atoms with van der Waals surface area (Å²) in [5.74, 6) is 0.878. The number of halogens is 4. The van der Waals surface area contributed by atoms with Crippen LogP contribution in [0.1, 0.15) is 31.4 Å². The molecule has 26 heavy (non-hydrogen) atoms. The van der Waals surface area contributed by atoms with Crippen LogP contribution in [0.4, 0.5) is 13.2 Å². The molecule has 148 valence electrons. The molecule has 1 aromatic rings. The summed E-state index contributed by atoms with van der Waals surface area (Å²) in [6.07, 6.45) is -3.15. The van der Waals surface area contributed by atoms with E-state index in [1.54, 1.807) is 19.2 Å². The van der Waals surface area contributed by atoms with E-state index in [9.17, 15) is 13.2 Å². The normalized spacial score (nSPS) is 17.2. The van der Waals surface area contributed by atoms with Gasteiger partial charge in [-0.25, -0.2) is 0 Å². The molecule has 1 fully saturated rings. The maximum atomic E-state index is 12.1. The Hall–Kier alpha value is -1.03. The van der Waals surface area contributed by atoms with Crippen molar-refractivity contribution in [2.75, 3.05) is 26.7 Å². The lowest BCUT2D eigenvalue weighted by Crippen LogP contribution is -2.40. The van der Waals surface area contributed by atoms with E-state index in [-0.39, 0.29) is 30.6 Å². The van der Waals surface area contributed by atoms with Gasteiger partial charge in [-0.1, -0.05) is 38.1 Å². The van der Waals surface area contributed by atoms with Gasteiger partial charge in [0.2, 0.25) is 0 Å². The van der Waals surface area contributed by atoms with Crippen molar-refractivity contribution in [3.8, 4) is 0 Å². The van der Waals surface area contributed by atoms with E-state index in [0.717, 1.165) is 36.6 Å². The first-order valence-corrected chi connectivity index (χ1v) is 8.36. The van der Waals surface area contributed by atoms with E-state index < -0.39 is 12.8 Å². The molecule has 0 aliphatic carbocycles. The Bertz CT molecular complexity index is 588. The summed E-state index contributed by atoms with van der Waals surface area (Å²) in [4.78, 5) is 6.59. The van der Waals surface area contributed by atoms with Gasteiger partial charge < -0.3 is 15.0 Å². The molecule has 2 rings (SSSR count). The Morgan fingerprint density at radius 2 is 1.85 bits per heavy atom. The molecular weight excluding hydrogens is 458 g/mol. The van der Waals surface area contributed by atoms with Gasteiger partial charge in [0.25, 0.3) is 0 Å². The largest absolute Gasteiger partial charge is 0.411 e. The molecule has 0 aromatic heterocycles. The Labute approximate surface area is 170 Å². The highest BCUT2D eigenvalue weighted by Gasteiger charge is 2.30. The van der Waals surface area contributed by atoms with E-state index in [1.165, 1.54) is 0 Å². The van der Waals surface area contributed by atoms with Gasteiger partial charge in [0.05, 0.1) is 6.61 Å². The minimum atomic E-state index is -4.29. The molecular formula is C18H27F3IN3O. The summed E-state index contributed by atoms with van der Waals surface area (Å²) in [5, 5.41) is 3.34. The zero-order chi connectivity index (χ0) is 18.5. The van der Waals surface area contributed by atoms with Gasteiger partial charge in [-0.05, 0) is 23.0 Å². The second-order valence-electron chi connectivity index (χ2n) is 7.16. The fourth-order valence-electron chi connectivity index (χ4n) is 2.84. The fourth-order valence-corrected chi connectivity index (χ4v) is 2.84. The number of alkyl halides is 3. The van der Waals surface area contributed by atoms with Gasteiger partial charge in [-0.3, -0.25) is 4.99 Å².